The molecule has 0 unspecified atom stereocenters. The molecule has 0 aromatic carbocycles. The van der Waals surface area contributed by atoms with Gasteiger partial charge in [0.25, 0.3) is 0 Å². The molecule has 2 amide bonds. The molecule has 2 aromatic rings. The molecule has 11 heteroatoms. The Morgan fingerprint density at radius 1 is 1.24 bits per heavy atom. The predicted octanol–water partition coefficient (Wildman–Crippen LogP) is 1.79. The first-order chi connectivity index (χ1) is 18.4. The van der Waals surface area contributed by atoms with Crippen LogP contribution in [-0.4, -0.2) is 83.7 Å². The highest BCUT2D eigenvalue weighted by molar-refractivity contribution is 5.96. The Bertz CT molecular complexity index is 1290. The maximum Gasteiger partial charge on any atom is 0.247 e. The van der Waals surface area contributed by atoms with E-state index in [9.17, 15) is 19.6 Å². The second kappa shape index (κ2) is 11.1. The Morgan fingerprint density at radius 3 is 2.84 bits per heavy atom. The summed E-state index contributed by atoms with van der Waals surface area (Å²) < 4.78 is 0. The zero-order valence-corrected chi connectivity index (χ0v) is 21.6. The number of carbonyl (C=O) groups excluding carboxylic acids is 3. The Morgan fingerprint density at radius 2 is 2.08 bits per heavy atom. The summed E-state index contributed by atoms with van der Waals surface area (Å²) >= 11 is 0. The van der Waals surface area contributed by atoms with Gasteiger partial charge in [0.05, 0.1) is 24.3 Å². The number of hydrogen-bond acceptors (Lipinski definition) is 9. The van der Waals surface area contributed by atoms with Gasteiger partial charge in [-0.2, -0.15) is 5.26 Å². The van der Waals surface area contributed by atoms with Gasteiger partial charge in [-0.05, 0) is 50.8 Å². The molecular formula is C27H32N8O3. The molecule has 4 heterocycles. The zero-order chi connectivity index (χ0) is 26.6. The van der Waals surface area contributed by atoms with Crippen molar-refractivity contribution in [2.75, 3.05) is 55.3 Å². The number of amides is 2. The number of pyridine rings is 2. The van der Waals surface area contributed by atoms with Crippen molar-refractivity contribution in [1.82, 2.24) is 19.8 Å². The van der Waals surface area contributed by atoms with Crippen molar-refractivity contribution in [2.24, 2.45) is 0 Å². The average Bonchev–Trinajstić information content (AvgIpc) is 3.75. The van der Waals surface area contributed by atoms with Crippen LogP contribution in [0.4, 0.5) is 17.3 Å². The van der Waals surface area contributed by atoms with Crippen LogP contribution in [0.5, 0.6) is 0 Å². The topological polar surface area (TPSA) is 135 Å². The van der Waals surface area contributed by atoms with E-state index in [1.807, 2.05) is 18.0 Å². The first kappa shape index (κ1) is 25.6. The van der Waals surface area contributed by atoms with Gasteiger partial charge >= 0.3 is 0 Å². The van der Waals surface area contributed by atoms with E-state index in [0.29, 0.717) is 67.0 Å². The molecule has 3 aliphatic rings. The average molecular weight is 517 g/mol. The molecule has 0 bridgehead atoms. The summed E-state index contributed by atoms with van der Waals surface area (Å²) in [5.41, 5.74) is 3.04. The largest absolute Gasteiger partial charge is 0.381 e. The van der Waals surface area contributed by atoms with Crippen molar-refractivity contribution >= 4 is 35.4 Å². The molecule has 38 heavy (non-hydrogen) atoms. The molecule has 1 saturated carbocycles. The first-order valence-corrected chi connectivity index (χ1v) is 13.1. The van der Waals surface area contributed by atoms with Crippen LogP contribution in [0.15, 0.2) is 18.3 Å². The van der Waals surface area contributed by atoms with E-state index in [2.05, 4.69) is 26.7 Å². The number of anilines is 3. The third-order valence-corrected chi connectivity index (χ3v) is 7.16. The van der Waals surface area contributed by atoms with Crippen LogP contribution in [0.2, 0.25) is 0 Å². The fraction of sp³-hybridized carbons (Fsp3) is 0.481. The van der Waals surface area contributed by atoms with Crippen molar-refractivity contribution in [3.63, 3.8) is 0 Å². The minimum Gasteiger partial charge on any atom is -0.381 e. The standard InChI is InChI=1S/C27H32N8O3/c1-33-7-3-8-34(26(38)16-33)15-19-10-18-4-2-9-35(27(18)32-23(19)17-36)25(37)14-30-24-11-22(31-21-5-6-21)20(12-28)13-29-24/h10-11,13,17,21H,2-9,14-16H2,1H3,(H2,29,30,31). The van der Waals surface area contributed by atoms with Gasteiger partial charge in [0.1, 0.15) is 23.4 Å². The minimum atomic E-state index is -0.184. The maximum absolute atomic E-state index is 13.2. The van der Waals surface area contributed by atoms with Gasteiger partial charge in [0.2, 0.25) is 11.8 Å². The van der Waals surface area contributed by atoms with E-state index >= 15 is 0 Å². The summed E-state index contributed by atoms with van der Waals surface area (Å²) in [6.07, 6.45) is 6.75. The van der Waals surface area contributed by atoms with E-state index in [-0.39, 0.29) is 24.1 Å². The van der Waals surface area contributed by atoms with Crippen molar-refractivity contribution < 1.29 is 14.4 Å². The van der Waals surface area contributed by atoms with Crippen LogP contribution in [0.25, 0.3) is 0 Å². The number of carbonyl (C=O) groups is 3. The molecule has 1 saturated heterocycles. The Labute approximate surface area is 221 Å². The van der Waals surface area contributed by atoms with Gasteiger partial charge in [-0.3, -0.25) is 24.2 Å². The lowest BCUT2D eigenvalue weighted by Crippen LogP contribution is -2.40. The lowest BCUT2D eigenvalue weighted by molar-refractivity contribution is -0.131. The highest BCUT2D eigenvalue weighted by Gasteiger charge is 2.28. The molecule has 2 aliphatic heterocycles. The number of aryl methyl sites for hydroxylation is 1. The van der Waals surface area contributed by atoms with E-state index in [4.69, 9.17) is 0 Å². The first-order valence-electron chi connectivity index (χ1n) is 13.1. The summed E-state index contributed by atoms with van der Waals surface area (Å²) in [7, 11) is 1.93. The minimum absolute atomic E-state index is 0.00311. The molecule has 2 aromatic heterocycles. The smallest absolute Gasteiger partial charge is 0.247 e. The Balaban J connectivity index is 1.30. The molecule has 0 atom stereocenters. The fourth-order valence-electron chi connectivity index (χ4n) is 4.94. The summed E-state index contributed by atoms with van der Waals surface area (Å²) in [5.74, 6) is 0.855. The Kier molecular flexibility index (Phi) is 7.51. The van der Waals surface area contributed by atoms with Gasteiger partial charge in [-0.15, -0.1) is 0 Å². The summed E-state index contributed by atoms with van der Waals surface area (Å²) in [6, 6.07) is 6.21. The SMILES string of the molecule is CN1CCCN(Cc2cc3c(nc2C=O)N(C(=O)CNc2cc(NC4CC4)c(C#N)cn2)CCC3)C(=O)C1. The number of rotatable bonds is 8. The normalized spacial score (nSPS) is 17.8. The molecule has 11 nitrogen and oxygen atoms in total. The van der Waals surface area contributed by atoms with Gasteiger partial charge in [0, 0.05) is 50.0 Å². The zero-order valence-electron chi connectivity index (χ0n) is 21.6. The number of nitrogens with one attached hydrogen (secondary N) is 2. The number of nitriles is 1. The molecule has 198 valence electrons. The van der Waals surface area contributed by atoms with E-state index in [1.165, 1.54) is 6.20 Å². The molecule has 5 rings (SSSR count). The van der Waals surface area contributed by atoms with Crippen molar-refractivity contribution in [3.8, 4) is 6.07 Å². The van der Waals surface area contributed by atoms with Gasteiger partial charge < -0.3 is 15.5 Å². The van der Waals surface area contributed by atoms with Gasteiger partial charge in [-0.1, -0.05) is 0 Å². The number of likely N-dealkylation sites (N-methyl/N-ethyl adjacent to an activating group) is 1. The third kappa shape index (κ3) is 5.75. The molecular weight excluding hydrogens is 484 g/mol. The van der Waals surface area contributed by atoms with Crippen LogP contribution in [0.3, 0.4) is 0 Å². The number of aldehydes is 1. The fourth-order valence-corrected chi connectivity index (χ4v) is 4.94. The molecule has 0 spiro atoms. The van der Waals surface area contributed by atoms with Crippen LogP contribution in [0.1, 0.15) is 52.9 Å². The highest BCUT2D eigenvalue weighted by Crippen LogP contribution is 2.29. The molecule has 1 aliphatic carbocycles. The second-order valence-corrected chi connectivity index (χ2v) is 10.2. The second-order valence-electron chi connectivity index (χ2n) is 10.2. The lowest BCUT2D eigenvalue weighted by Gasteiger charge is -2.30. The van der Waals surface area contributed by atoms with Gasteiger partial charge in [-0.25, -0.2) is 9.97 Å². The maximum atomic E-state index is 13.2. The van der Waals surface area contributed by atoms with E-state index < -0.39 is 0 Å². The van der Waals surface area contributed by atoms with Crippen LogP contribution < -0.4 is 15.5 Å². The summed E-state index contributed by atoms with van der Waals surface area (Å²) in [5, 5.41) is 15.7. The third-order valence-electron chi connectivity index (χ3n) is 7.16. The van der Waals surface area contributed by atoms with Crippen LogP contribution >= 0.6 is 0 Å². The van der Waals surface area contributed by atoms with Crippen molar-refractivity contribution in [3.05, 3.63) is 40.7 Å². The number of hydrogen-bond donors (Lipinski definition) is 2. The van der Waals surface area contributed by atoms with E-state index in [0.717, 1.165) is 44.2 Å². The molecule has 2 N–H and O–H groups in total. The monoisotopic (exact) mass is 516 g/mol. The van der Waals surface area contributed by atoms with Crippen molar-refractivity contribution in [1.29, 1.82) is 5.26 Å². The summed E-state index contributed by atoms with van der Waals surface area (Å²) in [4.78, 5) is 52.1. The Hall–Kier alpha value is -4.04. The van der Waals surface area contributed by atoms with E-state index in [1.54, 1.807) is 15.9 Å². The van der Waals surface area contributed by atoms with Gasteiger partial charge in [0.15, 0.2) is 6.29 Å². The predicted molar refractivity (Wildman–Crippen MR) is 142 cm³/mol. The number of nitrogens with zero attached hydrogens (tertiary/aromatic N) is 6. The van der Waals surface area contributed by atoms with Crippen LogP contribution in [0, 0.1) is 11.3 Å². The van der Waals surface area contributed by atoms with Crippen molar-refractivity contribution in [2.45, 2.75) is 44.7 Å². The summed E-state index contributed by atoms with van der Waals surface area (Å²) in [6.45, 7) is 2.68. The molecule has 0 radical (unpaired) electrons. The quantitative estimate of drug-likeness (QED) is 0.504. The lowest BCUT2D eigenvalue weighted by atomic mass is 10.0. The van der Waals surface area contributed by atoms with Crippen LogP contribution in [-0.2, 0) is 22.6 Å². The highest BCUT2D eigenvalue weighted by atomic mass is 16.2. The molecule has 2 fully saturated rings. The number of fused-ring (bicyclic) bond motifs is 1. The number of aromatic nitrogens is 2.